The van der Waals surface area contributed by atoms with Crippen molar-refractivity contribution < 1.29 is 4.74 Å². The first-order chi connectivity index (χ1) is 7.84. The van der Waals surface area contributed by atoms with Crippen molar-refractivity contribution in [2.24, 2.45) is 0 Å². The van der Waals surface area contributed by atoms with Gasteiger partial charge < -0.3 is 10.1 Å². The van der Waals surface area contributed by atoms with Gasteiger partial charge in [-0.3, -0.25) is 0 Å². The van der Waals surface area contributed by atoms with Gasteiger partial charge in [-0.15, -0.1) is 0 Å². The second-order valence-corrected chi connectivity index (χ2v) is 4.59. The summed E-state index contributed by atoms with van der Waals surface area (Å²) in [5.41, 5.74) is 1.29. The molecule has 0 saturated carbocycles. The molecule has 0 unspecified atom stereocenters. The minimum absolute atomic E-state index is 0.796. The molecule has 0 aliphatic carbocycles. The molecular weight excluding hydrogens is 266 g/mol. The Kier molecular flexibility index (Phi) is 7.47. The fourth-order valence-corrected chi connectivity index (χ4v) is 1.78. The zero-order valence-electron chi connectivity index (χ0n) is 9.84. The molecule has 1 rings (SSSR count). The minimum Gasteiger partial charge on any atom is -0.380 e. The Hall–Kier alpha value is -0.380. The van der Waals surface area contributed by atoms with E-state index < -0.39 is 0 Å². The predicted molar refractivity (Wildman–Crippen MR) is 71.6 cm³/mol. The molecule has 0 atom stereocenters. The van der Waals surface area contributed by atoms with E-state index in [1.807, 2.05) is 6.07 Å². The third-order valence-electron chi connectivity index (χ3n) is 2.34. The Bertz CT molecular complexity index is 291. The van der Waals surface area contributed by atoms with Crippen LogP contribution in [-0.2, 0) is 11.3 Å². The van der Waals surface area contributed by atoms with Crippen LogP contribution in [0.25, 0.3) is 0 Å². The van der Waals surface area contributed by atoms with Crippen LogP contribution in [0.3, 0.4) is 0 Å². The molecule has 1 N–H and O–H groups in total. The number of hydrogen-bond acceptors (Lipinski definition) is 2. The summed E-state index contributed by atoms with van der Waals surface area (Å²) in [4.78, 5) is 0. The topological polar surface area (TPSA) is 21.3 Å². The van der Waals surface area contributed by atoms with Gasteiger partial charge in [-0.05, 0) is 18.1 Å². The van der Waals surface area contributed by atoms with E-state index in [2.05, 4.69) is 46.4 Å². The minimum atomic E-state index is 0.796. The van der Waals surface area contributed by atoms with Crippen LogP contribution < -0.4 is 5.32 Å². The molecule has 1 aromatic carbocycles. The van der Waals surface area contributed by atoms with Gasteiger partial charge in [0.1, 0.15) is 0 Å². The first-order valence-corrected chi connectivity index (χ1v) is 6.65. The quantitative estimate of drug-likeness (QED) is 0.740. The van der Waals surface area contributed by atoms with E-state index in [-0.39, 0.29) is 0 Å². The first-order valence-electron chi connectivity index (χ1n) is 5.86. The Balaban J connectivity index is 2.05. The Morgan fingerprint density at radius 2 is 2.06 bits per heavy atom. The maximum atomic E-state index is 5.47. The van der Waals surface area contributed by atoms with E-state index in [1.54, 1.807) is 0 Å². The van der Waals surface area contributed by atoms with E-state index in [0.29, 0.717) is 0 Å². The summed E-state index contributed by atoms with van der Waals surface area (Å²) in [5, 5.41) is 3.36. The molecule has 0 amide bonds. The van der Waals surface area contributed by atoms with Crippen molar-refractivity contribution in [1.29, 1.82) is 0 Å². The van der Waals surface area contributed by atoms with Crippen LogP contribution in [0.4, 0.5) is 0 Å². The van der Waals surface area contributed by atoms with E-state index >= 15 is 0 Å². The van der Waals surface area contributed by atoms with Gasteiger partial charge in [0.05, 0.1) is 6.61 Å². The third-order valence-corrected chi connectivity index (χ3v) is 3.11. The van der Waals surface area contributed by atoms with Gasteiger partial charge in [0.15, 0.2) is 0 Å². The maximum absolute atomic E-state index is 5.47. The summed E-state index contributed by atoms with van der Waals surface area (Å²) in [5.74, 6) is 0. The molecule has 16 heavy (non-hydrogen) atoms. The number of rotatable bonds is 8. The van der Waals surface area contributed by atoms with Crippen molar-refractivity contribution in [1.82, 2.24) is 5.32 Å². The molecular formula is C13H20BrNO. The highest BCUT2D eigenvalue weighted by Gasteiger charge is 1.96. The molecule has 0 aromatic heterocycles. The van der Waals surface area contributed by atoms with Gasteiger partial charge in [0.2, 0.25) is 0 Å². The van der Waals surface area contributed by atoms with E-state index in [0.717, 1.165) is 37.2 Å². The van der Waals surface area contributed by atoms with Gasteiger partial charge in [0, 0.05) is 24.2 Å². The lowest BCUT2D eigenvalue weighted by Crippen LogP contribution is -2.19. The second kappa shape index (κ2) is 8.74. The lowest BCUT2D eigenvalue weighted by atomic mass is 10.2. The van der Waals surface area contributed by atoms with Crippen LogP contribution in [0.1, 0.15) is 25.3 Å². The highest BCUT2D eigenvalue weighted by molar-refractivity contribution is 9.10. The number of hydrogen-bond donors (Lipinski definition) is 1. The molecule has 0 aliphatic heterocycles. The predicted octanol–water partition coefficient (Wildman–Crippen LogP) is 3.36. The summed E-state index contributed by atoms with van der Waals surface area (Å²) in [7, 11) is 0. The SMILES string of the molecule is CCCCOCCNCc1ccccc1Br. The highest BCUT2D eigenvalue weighted by Crippen LogP contribution is 2.14. The molecule has 0 saturated heterocycles. The van der Waals surface area contributed by atoms with Gasteiger partial charge in [0.25, 0.3) is 0 Å². The summed E-state index contributed by atoms with van der Waals surface area (Å²) in [6.07, 6.45) is 2.36. The van der Waals surface area contributed by atoms with Crippen LogP contribution in [-0.4, -0.2) is 19.8 Å². The van der Waals surface area contributed by atoms with Crippen molar-refractivity contribution >= 4 is 15.9 Å². The van der Waals surface area contributed by atoms with Crippen molar-refractivity contribution in [3.63, 3.8) is 0 Å². The molecule has 0 aliphatic rings. The van der Waals surface area contributed by atoms with Crippen LogP contribution >= 0.6 is 15.9 Å². The molecule has 0 radical (unpaired) electrons. The van der Waals surface area contributed by atoms with Gasteiger partial charge >= 0.3 is 0 Å². The number of nitrogens with one attached hydrogen (secondary N) is 1. The molecule has 2 nitrogen and oxygen atoms in total. The first kappa shape index (κ1) is 13.7. The second-order valence-electron chi connectivity index (χ2n) is 3.73. The summed E-state index contributed by atoms with van der Waals surface area (Å²) < 4.78 is 6.63. The molecule has 90 valence electrons. The Morgan fingerprint density at radius 1 is 1.25 bits per heavy atom. The largest absolute Gasteiger partial charge is 0.380 e. The molecule has 3 heteroatoms. The van der Waals surface area contributed by atoms with Crippen molar-refractivity contribution in [2.45, 2.75) is 26.3 Å². The Morgan fingerprint density at radius 3 is 2.81 bits per heavy atom. The van der Waals surface area contributed by atoms with Crippen LogP contribution in [0.2, 0.25) is 0 Å². The van der Waals surface area contributed by atoms with Crippen molar-refractivity contribution in [3.05, 3.63) is 34.3 Å². The monoisotopic (exact) mass is 285 g/mol. The number of benzene rings is 1. The van der Waals surface area contributed by atoms with Gasteiger partial charge in [-0.1, -0.05) is 47.5 Å². The number of unbranched alkanes of at least 4 members (excludes halogenated alkanes) is 1. The van der Waals surface area contributed by atoms with Crippen LogP contribution in [0.5, 0.6) is 0 Å². The van der Waals surface area contributed by atoms with Crippen LogP contribution in [0.15, 0.2) is 28.7 Å². The van der Waals surface area contributed by atoms with Crippen molar-refractivity contribution in [3.8, 4) is 0 Å². The van der Waals surface area contributed by atoms with Crippen molar-refractivity contribution in [2.75, 3.05) is 19.8 Å². The maximum Gasteiger partial charge on any atom is 0.0591 e. The lowest BCUT2D eigenvalue weighted by Gasteiger charge is -2.07. The fourth-order valence-electron chi connectivity index (χ4n) is 1.36. The Labute approximate surface area is 107 Å². The summed E-state index contributed by atoms with van der Waals surface area (Å²) in [6.45, 7) is 5.65. The molecule has 0 bridgehead atoms. The zero-order chi connectivity index (χ0) is 11.6. The number of halogens is 1. The van der Waals surface area contributed by atoms with E-state index in [4.69, 9.17) is 4.74 Å². The number of ether oxygens (including phenoxy) is 1. The molecule has 0 heterocycles. The fraction of sp³-hybridized carbons (Fsp3) is 0.538. The summed E-state index contributed by atoms with van der Waals surface area (Å²) >= 11 is 3.53. The molecule has 0 spiro atoms. The highest BCUT2D eigenvalue weighted by atomic mass is 79.9. The zero-order valence-corrected chi connectivity index (χ0v) is 11.4. The van der Waals surface area contributed by atoms with E-state index in [1.165, 1.54) is 12.0 Å². The molecule has 0 fully saturated rings. The third kappa shape index (κ3) is 5.64. The smallest absolute Gasteiger partial charge is 0.0591 e. The van der Waals surface area contributed by atoms with Gasteiger partial charge in [-0.25, -0.2) is 0 Å². The normalized spacial score (nSPS) is 10.6. The standard InChI is InChI=1S/C13H20BrNO/c1-2-3-9-16-10-8-15-11-12-6-4-5-7-13(12)14/h4-7,15H,2-3,8-11H2,1H3. The average Bonchev–Trinajstić information content (AvgIpc) is 2.30. The van der Waals surface area contributed by atoms with E-state index in [9.17, 15) is 0 Å². The average molecular weight is 286 g/mol. The molecule has 1 aromatic rings. The summed E-state index contributed by atoms with van der Waals surface area (Å²) in [6, 6.07) is 8.27. The van der Waals surface area contributed by atoms with Gasteiger partial charge in [-0.2, -0.15) is 0 Å². The van der Waals surface area contributed by atoms with Crippen LogP contribution in [0, 0.1) is 0 Å². The lowest BCUT2D eigenvalue weighted by molar-refractivity contribution is 0.133.